The number of hydrogen-bond acceptors (Lipinski definition) is 4. The van der Waals surface area contributed by atoms with E-state index in [-0.39, 0.29) is 23.2 Å². The number of hydrogen-bond donors (Lipinski definition) is 2. The zero-order valence-electron chi connectivity index (χ0n) is 10.1. The van der Waals surface area contributed by atoms with Crippen molar-refractivity contribution in [3.8, 4) is 0 Å². The Bertz CT molecular complexity index is 403. The van der Waals surface area contributed by atoms with E-state index in [1.165, 1.54) is 11.3 Å². The maximum atomic E-state index is 11.5. The summed E-state index contributed by atoms with van der Waals surface area (Å²) in [4.78, 5) is 15.8. The molecule has 3 atom stereocenters. The lowest BCUT2D eigenvalue weighted by molar-refractivity contribution is -0.130. The van der Waals surface area contributed by atoms with E-state index < -0.39 is 6.10 Å². The predicted molar refractivity (Wildman–Crippen MR) is 66.6 cm³/mol. The van der Waals surface area contributed by atoms with Crippen LogP contribution in [0, 0.1) is 11.3 Å². The zero-order valence-corrected chi connectivity index (χ0v) is 10.9. The summed E-state index contributed by atoms with van der Waals surface area (Å²) in [6, 6.07) is 0. The number of rotatable bonds is 2. The summed E-state index contributed by atoms with van der Waals surface area (Å²) in [5.74, 6) is -0.572. The molecular weight excluding hydrogens is 236 g/mol. The number of carbonyl (C=O) groups excluding carboxylic acids is 1. The molecule has 0 radical (unpaired) electrons. The van der Waals surface area contributed by atoms with Gasteiger partial charge in [-0.25, -0.2) is 4.98 Å². The number of aliphatic hydroxyl groups excluding tert-OH is 1. The maximum absolute atomic E-state index is 11.5. The van der Waals surface area contributed by atoms with Crippen molar-refractivity contribution < 1.29 is 9.90 Å². The van der Waals surface area contributed by atoms with Crippen molar-refractivity contribution in [1.82, 2.24) is 4.98 Å². The molecule has 1 heterocycles. The molecule has 5 heteroatoms. The van der Waals surface area contributed by atoms with Gasteiger partial charge in [-0.2, -0.15) is 0 Å². The van der Waals surface area contributed by atoms with Crippen LogP contribution in [0.3, 0.4) is 0 Å². The third-order valence-electron chi connectivity index (χ3n) is 3.90. The molecule has 0 bridgehead atoms. The first-order valence-electron chi connectivity index (χ1n) is 5.81. The molecular formula is C12H18N2O2S. The van der Waals surface area contributed by atoms with Gasteiger partial charge in [0.1, 0.15) is 0 Å². The number of thiazole rings is 1. The Morgan fingerprint density at radius 3 is 2.82 bits per heavy atom. The maximum Gasteiger partial charge on any atom is 0.221 e. The summed E-state index contributed by atoms with van der Waals surface area (Å²) >= 11 is 1.53. The third-order valence-corrected chi connectivity index (χ3v) is 4.76. The number of nitrogens with two attached hydrogens (primary N) is 1. The number of nitrogens with zero attached hydrogens (tertiary/aromatic N) is 1. The lowest BCUT2D eigenvalue weighted by atomic mass is 9.61. The standard InChI is InChI=1S/C12H18N2O2S/c1-12(2)7(10(13)16)3-4-8(15)9(12)11-14-5-6-17-11/h5-9,15H,3-4H2,1-2H3,(H2,13,16). The second-order valence-corrected chi connectivity index (χ2v) is 6.20. The van der Waals surface area contributed by atoms with Crippen molar-refractivity contribution >= 4 is 17.2 Å². The Morgan fingerprint density at radius 2 is 2.29 bits per heavy atom. The SMILES string of the molecule is CC1(C)C(C(N)=O)CCC(O)C1c1nccs1. The molecule has 0 aromatic carbocycles. The summed E-state index contributed by atoms with van der Waals surface area (Å²) in [5.41, 5.74) is 5.12. The van der Waals surface area contributed by atoms with Gasteiger partial charge in [-0.15, -0.1) is 11.3 Å². The van der Waals surface area contributed by atoms with E-state index in [0.717, 1.165) is 5.01 Å². The smallest absolute Gasteiger partial charge is 0.221 e. The van der Waals surface area contributed by atoms with Gasteiger partial charge >= 0.3 is 0 Å². The summed E-state index contributed by atoms with van der Waals surface area (Å²) in [5, 5.41) is 13.0. The van der Waals surface area contributed by atoms with E-state index in [2.05, 4.69) is 4.98 Å². The minimum Gasteiger partial charge on any atom is -0.392 e. The largest absolute Gasteiger partial charge is 0.392 e. The highest BCUT2D eigenvalue weighted by molar-refractivity contribution is 7.09. The van der Waals surface area contributed by atoms with Gasteiger partial charge in [-0.3, -0.25) is 4.79 Å². The number of aliphatic hydroxyl groups is 1. The molecule has 1 aromatic heterocycles. The van der Waals surface area contributed by atoms with Crippen LogP contribution in [-0.2, 0) is 4.79 Å². The number of aromatic nitrogens is 1. The minimum absolute atomic E-state index is 0.103. The van der Waals surface area contributed by atoms with Gasteiger partial charge in [0, 0.05) is 23.4 Å². The third kappa shape index (κ3) is 2.09. The highest BCUT2D eigenvalue weighted by atomic mass is 32.1. The molecule has 94 valence electrons. The Labute approximate surface area is 105 Å². The van der Waals surface area contributed by atoms with E-state index in [9.17, 15) is 9.90 Å². The molecule has 1 fully saturated rings. The first-order valence-corrected chi connectivity index (χ1v) is 6.69. The molecule has 1 aromatic rings. The fourth-order valence-corrected chi connectivity index (χ4v) is 3.96. The van der Waals surface area contributed by atoms with Gasteiger partial charge in [0.15, 0.2) is 0 Å². The molecule has 0 spiro atoms. The van der Waals surface area contributed by atoms with Crippen LogP contribution in [0.5, 0.6) is 0 Å². The van der Waals surface area contributed by atoms with Crippen LogP contribution in [0.15, 0.2) is 11.6 Å². The van der Waals surface area contributed by atoms with E-state index in [0.29, 0.717) is 12.8 Å². The lowest BCUT2D eigenvalue weighted by Crippen LogP contribution is -2.47. The molecule has 1 aliphatic carbocycles. The topological polar surface area (TPSA) is 76.2 Å². The second kappa shape index (κ2) is 4.38. The van der Waals surface area contributed by atoms with Gasteiger partial charge in [0.2, 0.25) is 5.91 Å². The Balaban J connectivity index is 2.37. The van der Waals surface area contributed by atoms with Crippen molar-refractivity contribution in [2.45, 2.75) is 38.7 Å². The van der Waals surface area contributed by atoms with Crippen LogP contribution >= 0.6 is 11.3 Å². The lowest BCUT2D eigenvalue weighted by Gasteiger charge is -2.45. The molecule has 2 rings (SSSR count). The number of amides is 1. The first-order chi connectivity index (χ1) is 7.94. The average Bonchev–Trinajstić information content (AvgIpc) is 2.68. The monoisotopic (exact) mass is 254 g/mol. The summed E-state index contributed by atoms with van der Waals surface area (Å²) in [6.45, 7) is 3.99. The molecule has 0 aliphatic heterocycles. The number of carbonyl (C=O) groups is 1. The van der Waals surface area contributed by atoms with Crippen molar-refractivity contribution in [3.05, 3.63) is 16.6 Å². The average molecular weight is 254 g/mol. The van der Waals surface area contributed by atoms with E-state index in [1.807, 2.05) is 19.2 Å². The fourth-order valence-electron chi connectivity index (χ4n) is 2.97. The highest BCUT2D eigenvalue weighted by Crippen LogP contribution is 2.50. The van der Waals surface area contributed by atoms with Crippen molar-refractivity contribution in [1.29, 1.82) is 0 Å². The van der Waals surface area contributed by atoms with E-state index in [1.54, 1.807) is 6.20 Å². The van der Waals surface area contributed by atoms with Crippen LogP contribution in [0.2, 0.25) is 0 Å². The molecule has 0 saturated heterocycles. The molecule has 1 aliphatic rings. The van der Waals surface area contributed by atoms with Gasteiger partial charge in [0.25, 0.3) is 0 Å². The van der Waals surface area contributed by atoms with Crippen molar-refractivity contribution in [2.75, 3.05) is 0 Å². The highest BCUT2D eigenvalue weighted by Gasteiger charge is 2.48. The van der Waals surface area contributed by atoms with Gasteiger partial charge in [-0.05, 0) is 18.3 Å². The van der Waals surface area contributed by atoms with Crippen molar-refractivity contribution in [3.63, 3.8) is 0 Å². The zero-order chi connectivity index (χ0) is 12.6. The van der Waals surface area contributed by atoms with E-state index in [4.69, 9.17) is 5.73 Å². The van der Waals surface area contributed by atoms with Crippen LogP contribution in [0.1, 0.15) is 37.6 Å². The normalized spacial score (nSPS) is 32.3. The molecule has 1 saturated carbocycles. The molecule has 3 N–H and O–H groups in total. The van der Waals surface area contributed by atoms with Crippen LogP contribution in [0.4, 0.5) is 0 Å². The van der Waals surface area contributed by atoms with Crippen LogP contribution < -0.4 is 5.73 Å². The molecule has 1 amide bonds. The second-order valence-electron chi connectivity index (χ2n) is 5.27. The van der Waals surface area contributed by atoms with Crippen molar-refractivity contribution in [2.24, 2.45) is 17.1 Å². The summed E-state index contributed by atoms with van der Waals surface area (Å²) in [7, 11) is 0. The fraction of sp³-hybridized carbons (Fsp3) is 0.667. The quantitative estimate of drug-likeness (QED) is 0.840. The minimum atomic E-state index is -0.438. The van der Waals surface area contributed by atoms with Gasteiger partial charge < -0.3 is 10.8 Å². The molecule has 3 unspecified atom stereocenters. The van der Waals surface area contributed by atoms with Crippen LogP contribution in [0.25, 0.3) is 0 Å². The van der Waals surface area contributed by atoms with Gasteiger partial charge in [0.05, 0.1) is 11.1 Å². The summed E-state index contributed by atoms with van der Waals surface area (Å²) in [6.07, 6.45) is 2.57. The van der Waals surface area contributed by atoms with Crippen LogP contribution in [-0.4, -0.2) is 22.1 Å². The molecule has 17 heavy (non-hydrogen) atoms. The number of primary amides is 1. The Kier molecular flexibility index (Phi) is 3.23. The predicted octanol–water partition coefficient (Wildman–Crippen LogP) is 1.51. The van der Waals surface area contributed by atoms with Gasteiger partial charge in [-0.1, -0.05) is 13.8 Å². The molecule has 4 nitrogen and oxygen atoms in total. The Morgan fingerprint density at radius 1 is 1.59 bits per heavy atom. The first kappa shape index (κ1) is 12.5. The summed E-state index contributed by atoms with van der Waals surface area (Å²) < 4.78 is 0. The Hall–Kier alpha value is -0.940. The van der Waals surface area contributed by atoms with E-state index >= 15 is 0 Å².